The van der Waals surface area contributed by atoms with Gasteiger partial charge in [0, 0.05) is 34.8 Å². The first kappa shape index (κ1) is 28.5. The molecule has 0 aliphatic heterocycles. The second-order valence-electron chi connectivity index (χ2n) is 8.30. The van der Waals surface area contributed by atoms with Crippen molar-refractivity contribution in [3.63, 3.8) is 0 Å². The lowest BCUT2D eigenvalue weighted by Gasteiger charge is -2.24. The van der Waals surface area contributed by atoms with Gasteiger partial charge in [0.1, 0.15) is 33.8 Å². The summed E-state index contributed by atoms with van der Waals surface area (Å²) in [5.41, 5.74) is 0.631. The van der Waals surface area contributed by atoms with Crippen molar-refractivity contribution in [2.75, 3.05) is 23.8 Å². The number of hydrogen-bond donors (Lipinski definition) is 1. The predicted octanol–water partition coefficient (Wildman–Crippen LogP) is 6.80. The molecule has 206 valence electrons. The van der Waals surface area contributed by atoms with Crippen LogP contribution in [0.4, 0.5) is 24.0 Å². The van der Waals surface area contributed by atoms with Crippen molar-refractivity contribution >= 4 is 43.8 Å². The average molecular weight is 598 g/mol. The minimum absolute atomic E-state index is 0.0296. The Morgan fingerprint density at radius 3 is 2.46 bits per heavy atom. The number of aromatic nitrogens is 1. The van der Waals surface area contributed by atoms with Gasteiger partial charge in [0.15, 0.2) is 5.13 Å². The van der Waals surface area contributed by atoms with Gasteiger partial charge < -0.3 is 14.8 Å². The predicted molar refractivity (Wildman–Crippen MR) is 145 cm³/mol. The van der Waals surface area contributed by atoms with E-state index in [9.17, 15) is 17.2 Å². The summed E-state index contributed by atoms with van der Waals surface area (Å²) in [6, 6.07) is 9.13. The van der Waals surface area contributed by atoms with E-state index in [0.29, 0.717) is 17.1 Å². The Bertz CT molecular complexity index is 1590. The van der Waals surface area contributed by atoms with Crippen molar-refractivity contribution in [1.29, 1.82) is 0 Å². The van der Waals surface area contributed by atoms with Crippen LogP contribution in [0.25, 0.3) is 0 Å². The fourth-order valence-electron chi connectivity index (χ4n) is 3.85. The fourth-order valence-corrected chi connectivity index (χ4v) is 6.48. The highest BCUT2D eigenvalue weighted by Gasteiger charge is 2.32. The van der Waals surface area contributed by atoms with Gasteiger partial charge in [-0.05, 0) is 37.3 Å². The van der Waals surface area contributed by atoms with Crippen molar-refractivity contribution in [3.05, 3.63) is 93.7 Å². The van der Waals surface area contributed by atoms with E-state index in [4.69, 9.17) is 21.1 Å². The molecule has 1 atom stereocenters. The first-order valence-corrected chi connectivity index (χ1v) is 14.1. The number of hydrogen-bond acceptors (Lipinski definition) is 7. The van der Waals surface area contributed by atoms with Gasteiger partial charge in [-0.25, -0.2) is 30.9 Å². The molecule has 0 amide bonds. The summed E-state index contributed by atoms with van der Waals surface area (Å²) in [5.74, 6) is -1.74. The van der Waals surface area contributed by atoms with Crippen molar-refractivity contribution in [2.45, 2.75) is 24.4 Å². The molecule has 0 fully saturated rings. The Morgan fingerprint density at radius 1 is 1.05 bits per heavy atom. The molecule has 13 heteroatoms. The van der Waals surface area contributed by atoms with Crippen LogP contribution in [0, 0.1) is 17.5 Å². The quantitative estimate of drug-likeness (QED) is 0.217. The van der Waals surface area contributed by atoms with E-state index in [1.54, 1.807) is 30.5 Å². The highest BCUT2D eigenvalue weighted by molar-refractivity contribution is 7.93. The summed E-state index contributed by atoms with van der Waals surface area (Å²) in [7, 11) is -1.60. The molecule has 39 heavy (non-hydrogen) atoms. The molecule has 0 aliphatic rings. The number of nitrogens with zero attached hydrogens (tertiary/aromatic N) is 2. The van der Waals surface area contributed by atoms with Crippen molar-refractivity contribution in [3.8, 4) is 11.5 Å². The van der Waals surface area contributed by atoms with Crippen LogP contribution in [-0.2, 0) is 16.6 Å². The largest absolute Gasteiger partial charge is 0.497 e. The third-order valence-electron chi connectivity index (χ3n) is 5.83. The standard InChI is InChI=1S/C26H23ClF3N3O4S2/c1-15(19-7-5-17(28)10-21(19)29)32-23-13-22(30)25(12-20(23)27)39(34,35)33(26-31-8-9-38-26)14-16-4-6-18(36-2)11-24(16)37-3/h4-13,15,32H,14H2,1-3H3/t15-/m0/s1. The maximum Gasteiger partial charge on any atom is 0.269 e. The third-order valence-corrected chi connectivity index (χ3v) is 8.81. The van der Waals surface area contributed by atoms with Crippen LogP contribution in [-0.4, -0.2) is 27.6 Å². The van der Waals surface area contributed by atoms with Gasteiger partial charge in [-0.15, -0.1) is 11.3 Å². The fraction of sp³-hybridized carbons (Fsp3) is 0.192. The maximum absolute atomic E-state index is 15.4. The van der Waals surface area contributed by atoms with Crippen LogP contribution in [0.3, 0.4) is 0 Å². The lowest BCUT2D eigenvalue weighted by molar-refractivity contribution is 0.391. The molecule has 4 aromatic rings. The molecule has 0 bridgehead atoms. The summed E-state index contributed by atoms with van der Waals surface area (Å²) < 4.78 is 82.0. The molecule has 0 saturated carbocycles. The van der Waals surface area contributed by atoms with Crippen LogP contribution < -0.4 is 19.1 Å². The molecule has 0 saturated heterocycles. The van der Waals surface area contributed by atoms with Crippen LogP contribution in [0.2, 0.25) is 5.02 Å². The Labute approximate surface area is 232 Å². The summed E-state index contributed by atoms with van der Waals surface area (Å²) in [5, 5.41) is 4.42. The molecule has 4 rings (SSSR count). The number of methoxy groups -OCH3 is 2. The zero-order valence-electron chi connectivity index (χ0n) is 20.9. The summed E-state index contributed by atoms with van der Waals surface area (Å²) in [6.07, 6.45) is 1.43. The number of halogens is 4. The second kappa shape index (κ2) is 11.7. The summed E-state index contributed by atoms with van der Waals surface area (Å²) in [6.45, 7) is 1.35. The first-order valence-electron chi connectivity index (χ1n) is 11.4. The molecule has 1 aromatic heterocycles. The molecule has 0 spiro atoms. The monoisotopic (exact) mass is 597 g/mol. The average Bonchev–Trinajstić information content (AvgIpc) is 3.43. The number of nitrogens with one attached hydrogen (secondary N) is 1. The molecule has 0 radical (unpaired) electrons. The molecule has 0 aliphatic carbocycles. The minimum Gasteiger partial charge on any atom is -0.497 e. The number of ether oxygens (including phenoxy) is 2. The topological polar surface area (TPSA) is 80.8 Å². The summed E-state index contributed by atoms with van der Waals surface area (Å²) in [4.78, 5) is 3.44. The van der Waals surface area contributed by atoms with Gasteiger partial charge in [0.05, 0.1) is 37.5 Å². The third kappa shape index (κ3) is 6.07. The number of benzene rings is 3. The lowest BCUT2D eigenvalue weighted by atomic mass is 10.1. The number of rotatable bonds is 10. The zero-order valence-corrected chi connectivity index (χ0v) is 23.3. The molecule has 1 heterocycles. The molecular formula is C26H23ClF3N3O4S2. The second-order valence-corrected chi connectivity index (χ2v) is 11.4. The molecule has 1 N–H and O–H groups in total. The van der Waals surface area contributed by atoms with Gasteiger partial charge >= 0.3 is 0 Å². The number of anilines is 2. The van der Waals surface area contributed by atoms with Gasteiger partial charge in [-0.1, -0.05) is 17.7 Å². The van der Waals surface area contributed by atoms with E-state index in [0.717, 1.165) is 39.9 Å². The first-order chi connectivity index (χ1) is 18.5. The van der Waals surface area contributed by atoms with Crippen LogP contribution in [0.5, 0.6) is 11.5 Å². The Morgan fingerprint density at radius 2 is 1.82 bits per heavy atom. The minimum atomic E-state index is -4.52. The van der Waals surface area contributed by atoms with Crippen LogP contribution >= 0.6 is 22.9 Å². The van der Waals surface area contributed by atoms with Crippen LogP contribution in [0.15, 0.2) is 65.0 Å². The maximum atomic E-state index is 15.4. The molecule has 3 aromatic carbocycles. The van der Waals surface area contributed by atoms with Crippen molar-refractivity contribution in [2.24, 2.45) is 0 Å². The smallest absolute Gasteiger partial charge is 0.269 e. The van der Waals surface area contributed by atoms with Crippen LogP contribution in [0.1, 0.15) is 24.1 Å². The zero-order chi connectivity index (χ0) is 28.3. The van der Waals surface area contributed by atoms with E-state index >= 15 is 4.39 Å². The normalized spacial score (nSPS) is 12.2. The van der Waals surface area contributed by atoms with Gasteiger partial charge in [0.2, 0.25) is 0 Å². The van der Waals surface area contributed by atoms with Gasteiger partial charge in [-0.2, -0.15) is 0 Å². The van der Waals surface area contributed by atoms with E-state index in [-0.39, 0.29) is 27.9 Å². The Kier molecular flexibility index (Phi) is 8.57. The highest BCUT2D eigenvalue weighted by atomic mass is 35.5. The van der Waals surface area contributed by atoms with E-state index < -0.39 is 38.4 Å². The van der Waals surface area contributed by atoms with Crippen molar-refractivity contribution in [1.82, 2.24) is 4.98 Å². The number of sulfonamides is 1. The molecule has 7 nitrogen and oxygen atoms in total. The lowest BCUT2D eigenvalue weighted by Crippen LogP contribution is -2.31. The Balaban J connectivity index is 1.70. The van der Waals surface area contributed by atoms with Gasteiger partial charge in [0.25, 0.3) is 10.0 Å². The summed E-state index contributed by atoms with van der Waals surface area (Å²) >= 11 is 7.42. The number of thiazole rings is 1. The Hall–Kier alpha value is -3.48. The van der Waals surface area contributed by atoms with E-state index in [2.05, 4.69) is 10.3 Å². The van der Waals surface area contributed by atoms with E-state index in [1.807, 2.05) is 0 Å². The van der Waals surface area contributed by atoms with E-state index in [1.165, 1.54) is 26.5 Å². The van der Waals surface area contributed by atoms with Gasteiger partial charge in [-0.3, -0.25) is 0 Å². The molecular weight excluding hydrogens is 575 g/mol. The SMILES string of the molecule is COc1ccc(CN(c2nccs2)S(=O)(=O)c2cc(Cl)c(N[C@@H](C)c3ccc(F)cc3F)cc2F)c(OC)c1. The molecule has 0 unspecified atom stereocenters. The van der Waals surface area contributed by atoms with Crippen molar-refractivity contribution < 1.29 is 31.1 Å². The highest BCUT2D eigenvalue weighted by Crippen LogP contribution is 2.36.